The summed E-state index contributed by atoms with van der Waals surface area (Å²) in [4.78, 5) is 24.1. The molecule has 1 heterocycles. The highest BCUT2D eigenvalue weighted by molar-refractivity contribution is 6.30. The Labute approximate surface area is 132 Å². The molecule has 3 rings (SSSR count). The average Bonchev–Trinajstić information content (AvgIpc) is 2.45. The molecular weight excluding hydrogens is 304 g/mol. The first kappa shape index (κ1) is 14.7. The smallest absolute Gasteiger partial charge is 0.336 e. The minimum Gasteiger partial charge on any atom is -0.478 e. The zero-order chi connectivity index (χ0) is 15.9. The van der Waals surface area contributed by atoms with Crippen LogP contribution in [0.4, 0.5) is 0 Å². The van der Waals surface area contributed by atoms with Crippen LogP contribution in [0, 0.1) is 0 Å². The summed E-state index contributed by atoms with van der Waals surface area (Å²) in [7, 11) is 0. The minimum absolute atomic E-state index is 0.00346. The molecule has 1 aliphatic carbocycles. The third-order valence-electron chi connectivity index (χ3n) is 4.02. The van der Waals surface area contributed by atoms with Gasteiger partial charge in [0.05, 0.1) is 11.5 Å². The SMILES string of the molecule is NC1=C(C(=O)O)C(c2cccc(Cl)c2)C2=C(CCCC2=O)N1. The number of hydrogen-bond acceptors (Lipinski definition) is 4. The van der Waals surface area contributed by atoms with Crippen molar-refractivity contribution in [2.24, 2.45) is 5.73 Å². The summed E-state index contributed by atoms with van der Waals surface area (Å²) in [6, 6.07) is 6.89. The fraction of sp³-hybridized carbons (Fsp3) is 0.250. The number of benzene rings is 1. The van der Waals surface area contributed by atoms with Gasteiger partial charge in [0.15, 0.2) is 5.78 Å². The minimum atomic E-state index is -1.14. The van der Waals surface area contributed by atoms with Gasteiger partial charge < -0.3 is 16.2 Å². The van der Waals surface area contributed by atoms with E-state index in [-0.39, 0.29) is 17.2 Å². The maximum absolute atomic E-state index is 12.4. The van der Waals surface area contributed by atoms with Gasteiger partial charge in [-0.25, -0.2) is 4.79 Å². The van der Waals surface area contributed by atoms with Gasteiger partial charge in [0, 0.05) is 22.7 Å². The fourth-order valence-corrected chi connectivity index (χ4v) is 3.32. The second-order valence-corrected chi connectivity index (χ2v) is 5.85. The number of Topliss-reactive ketones (excluding diaryl/α,β-unsaturated/α-hetero) is 1. The van der Waals surface area contributed by atoms with E-state index in [9.17, 15) is 14.7 Å². The number of carboxylic acids is 1. The summed E-state index contributed by atoms with van der Waals surface area (Å²) < 4.78 is 0. The second-order valence-electron chi connectivity index (χ2n) is 5.41. The standard InChI is InChI=1S/C16H15ClN2O3/c17-9-4-1-3-8(7-9)12-13-10(5-2-6-11(13)20)19-15(18)14(12)16(21)22/h1,3-4,7,12,19H,2,5-6,18H2,(H,21,22). The van der Waals surface area contributed by atoms with Gasteiger partial charge in [0.1, 0.15) is 5.82 Å². The van der Waals surface area contributed by atoms with Gasteiger partial charge in [-0.1, -0.05) is 23.7 Å². The van der Waals surface area contributed by atoms with Gasteiger partial charge in [-0.05, 0) is 30.5 Å². The molecule has 1 unspecified atom stereocenters. The number of carbonyl (C=O) groups excluding carboxylic acids is 1. The Morgan fingerprint density at radius 1 is 1.36 bits per heavy atom. The summed E-state index contributed by atoms with van der Waals surface area (Å²) in [5.74, 6) is -1.77. The van der Waals surface area contributed by atoms with Crippen LogP contribution in [-0.2, 0) is 9.59 Å². The average molecular weight is 319 g/mol. The molecule has 0 saturated heterocycles. The van der Waals surface area contributed by atoms with Gasteiger partial charge in [-0.2, -0.15) is 0 Å². The van der Waals surface area contributed by atoms with Crippen LogP contribution in [0.3, 0.4) is 0 Å². The maximum atomic E-state index is 12.4. The number of dihydropyridines is 1. The van der Waals surface area contributed by atoms with Crippen LogP contribution >= 0.6 is 11.6 Å². The van der Waals surface area contributed by atoms with Gasteiger partial charge in [0.25, 0.3) is 0 Å². The Balaban J connectivity index is 2.21. The van der Waals surface area contributed by atoms with Crippen molar-refractivity contribution in [3.8, 4) is 0 Å². The molecule has 0 saturated carbocycles. The quantitative estimate of drug-likeness (QED) is 0.778. The Morgan fingerprint density at radius 2 is 2.14 bits per heavy atom. The van der Waals surface area contributed by atoms with Gasteiger partial charge in [-0.15, -0.1) is 0 Å². The summed E-state index contributed by atoms with van der Waals surface area (Å²) in [6.45, 7) is 0. The number of nitrogens with two attached hydrogens (primary N) is 1. The molecule has 0 bridgehead atoms. The van der Waals surface area contributed by atoms with E-state index < -0.39 is 11.9 Å². The Hall–Kier alpha value is -2.27. The first-order chi connectivity index (χ1) is 10.5. The number of aliphatic carboxylic acids is 1. The lowest BCUT2D eigenvalue weighted by atomic mass is 9.76. The van der Waals surface area contributed by atoms with Crippen LogP contribution in [0.5, 0.6) is 0 Å². The van der Waals surface area contributed by atoms with Crippen molar-refractivity contribution in [2.75, 3.05) is 0 Å². The highest BCUT2D eigenvalue weighted by atomic mass is 35.5. The molecule has 0 aromatic heterocycles. The number of ketones is 1. The van der Waals surface area contributed by atoms with E-state index in [1.54, 1.807) is 24.3 Å². The van der Waals surface area contributed by atoms with E-state index in [1.165, 1.54) is 0 Å². The molecule has 1 aliphatic heterocycles. The summed E-state index contributed by atoms with van der Waals surface area (Å²) in [5.41, 5.74) is 7.79. The van der Waals surface area contributed by atoms with Crippen LogP contribution in [0.15, 0.2) is 46.9 Å². The normalized spacial score (nSPS) is 21.5. The van der Waals surface area contributed by atoms with Crippen LogP contribution in [0.25, 0.3) is 0 Å². The van der Waals surface area contributed by atoms with Gasteiger partial charge in [0.2, 0.25) is 0 Å². The molecule has 1 aromatic carbocycles. The van der Waals surface area contributed by atoms with Gasteiger partial charge >= 0.3 is 5.97 Å². The van der Waals surface area contributed by atoms with E-state index in [1.807, 2.05) is 0 Å². The van der Waals surface area contributed by atoms with E-state index in [2.05, 4.69) is 5.32 Å². The van der Waals surface area contributed by atoms with Crippen molar-refractivity contribution in [2.45, 2.75) is 25.2 Å². The Bertz CT molecular complexity index is 737. The number of allylic oxidation sites excluding steroid dienone is 2. The number of halogens is 1. The fourth-order valence-electron chi connectivity index (χ4n) is 3.12. The first-order valence-electron chi connectivity index (χ1n) is 7.00. The summed E-state index contributed by atoms with van der Waals surface area (Å²) in [5, 5.41) is 12.9. The number of rotatable bonds is 2. The lowest BCUT2D eigenvalue weighted by Crippen LogP contribution is -2.37. The molecule has 0 radical (unpaired) electrons. The molecule has 22 heavy (non-hydrogen) atoms. The largest absolute Gasteiger partial charge is 0.478 e. The third kappa shape index (κ3) is 2.37. The highest BCUT2D eigenvalue weighted by Gasteiger charge is 2.38. The highest BCUT2D eigenvalue weighted by Crippen LogP contribution is 2.41. The molecule has 114 valence electrons. The van der Waals surface area contributed by atoms with Crippen LogP contribution in [0.1, 0.15) is 30.7 Å². The number of carboxylic acid groups (broad SMARTS) is 1. The van der Waals surface area contributed by atoms with Crippen LogP contribution in [-0.4, -0.2) is 16.9 Å². The lowest BCUT2D eigenvalue weighted by Gasteiger charge is -2.33. The predicted molar refractivity (Wildman–Crippen MR) is 82.1 cm³/mol. The van der Waals surface area contributed by atoms with Crippen LogP contribution in [0.2, 0.25) is 5.02 Å². The van der Waals surface area contributed by atoms with Crippen molar-refractivity contribution in [1.29, 1.82) is 0 Å². The topological polar surface area (TPSA) is 92.4 Å². The molecule has 2 aliphatic rings. The van der Waals surface area contributed by atoms with Crippen LogP contribution < -0.4 is 11.1 Å². The summed E-state index contributed by atoms with van der Waals surface area (Å²) in [6.07, 6.45) is 1.85. The molecule has 1 aromatic rings. The molecule has 5 nitrogen and oxygen atoms in total. The number of nitrogens with one attached hydrogen (secondary N) is 1. The molecule has 0 spiro atoms. The summed E-state index contributed by atoms with van der Waals surface area (Å²) >= 11 is 6.03. The van der Waals surface area contributed by atoms with Crippen molar-refractivity contribution in [3.63, 3.8) is 0 Å². The molecule has 1 atom stereocenters. The van der Waals surface area contributed by atoms with Gasteiger partial charge in [-0.3, -0.25) is 4.79 Å². The third-order valence-corrected chi connectivity index (χ3v) is 4.26. The maximum Gasteiger partial charge on any atom is 0.336 e. The molecular formula is C16H15ClN2O3. The van der Waals surface area contributed by atoms with E-state index in [4.69, 9.17) is 17.3 Å². The molecule has 6 heteroatoms. The predicted octanol–water partition coefficient (Wildman–Crippen LogP) is 2.29. The Morgan fingerprint density at radius 3 is 2.82 bits per heavy atom. The van der Waals surface area contributed by atoms with Crippen molar-refractivity contribution < 1.29 is 14.7 Å². The monoisotopic (exact) mass is 318 g/mol. The zero-order valence-electron chi connectivity index (χ0n) is 11.7. The number of carbonyl (C=O) groups is 2. The molecule has 0 amide bonds. The van der Waals surface area contributed by atoms with E-state index >= 15 is 0 Å². The zero-order valence-corrected chi connectivity index (χ0v) is 12.5. The lowest BCUT2D eigenvalue weighted by molar-refractivity contribution is -0.133. The van der Waals surface area contributed by atoms with Crippen molar-refractivity contribution >= 4 is 23.4 Å². The van der Waals surface area contributed by atoms with Crippen molar-refractivity contribution in [3.05, 3.63) is 57.5 Å². The number of hydrogen-bond donors (Lipinski definition) is 3. The first-order valence-corrected chi connectivity index (χ1v) is 7.38. The second kappa shape index (κ2) is 5.50. The van der Waals surface area contributed by atoms with E-state index in [0.29, 0.717) is 29.0 Å². The molecule has 0 fully saturated rings. The van der Waals surface area contributed by atoms with Crippen molar-refractivity contribution in [1.82, 2.24) is 5.32 Å². The molecule has 4 N–H and O–H groups in total. The van der Waals surface area contributed by atoms with E-state index in [0.717, 1.165) is 12.1 Å². The Kier molecular flexibility index (Phi) is 3.66.